The fraction of sp³-hybridized carbons (Fsp3) is 0.286. The standard InChI is InChI=1S/C14H12FN3O2/c1-17-10-7-16-12(8-4-3-5-9(15)6-8)11(10)13(19)18(2)14(17)20/h6-8,16H,4H2,1-2H3. The second kappa shape index (κ2) is 4.23. The highest BCUT2D eigenvalue weighted by Crippen LogP contribution is 2.28. The molecule has 1 unspecified atom stereocenters. The number of H-pyrrole nitrogens is 1. The summed E-state index contributed by atoms with van der Waals surface area (Å²) in [5, 5.41) is 0.410. The van der Waals surface area contributed by atoms with E-state index in [1.54, 1.807) is 13.2 Å². The molecule has 0 saturated heterocycles. The molecular formula is C14H12FN3O2. The molecule has 0 aliphatic heterocycles. The van der Waals surface area contributed by atoms with Crippen molar-refractivity contribution >= 4 is 10.9 Å². The first-order valence-electron chi connectivity index (χ1n) is 6.14. The highest BCUT2D eigenvalue weighted by molar-refractivity contribution is 5.82. The summed E-state index contributed by atoms with van der Waals surface area (Å²) < 4.78 is 15.7. The molecule has 2 aromatic rings. The van der Waals surface area contributed by atoms with Gasteiger partial charge in [-0.25, -0.2) is 4.79 Å². The van der Waals surface area contributed by atoms with Gasteiger partial charge in [0.2, 0.25) is 0 Å². The molecule has 1 atom stereocenters. The molecule has 0 fully saturated rings. The Labute approximate surface area is 113 Å². The molecule has 2 heterocycles. The third-order valence-electron chi connectivity index (χ3n) is 3.59. The minimum absolute atomic E-state index is 0.307. The maximum atomic E-state index is 13.3. The molecule has 102 valence electrons. The van der Waals surface area contributed by atoms with Gasteiger partial charge in [0, 0.05) is 38.3 Å². The molecule has 0 aromatic carbocycles. The third kappa shape index (κ3) is 1.63. The van der Waals surface area contributed by atoms with Gasteiger partial charge < -0.3 is 4.98 Å². The molecule has 20 heavy (non-hydrogen) atoms. The van der Waals surface area contributed by atoms with Crippen molar-refractivity contribution in [3.05, 3.63) is 44.6 Å². The number of nitrogens with one attached hydrogen (secondary N) is 1. The lowest BCUT2D eigenvalue weighted by atomic mass is 9.96. The van der Waals surface area contributed by atoms with Crippen LogP contribution in [0.4, 0.5) is 4.39 Å². The lowest BCUT2D eigenvalue weighted by molar-refractivity contribution is 0.652. The number of aromatic nitrogens is 3. The van der Waals surface area contributed by atoms with Crippen LogP contribution in [0.3, 0.4) is 0 Å². The number of nitrogens with zero attached hydrogens (tertiary/aromatic N) is 2. The summed E-state index contributed by atoms with van der Waals surface area (Å²) in [6.07, 6.45) is 3.43. The van der Waals surface area contributed by atoms with Gasteiger partial charge in [-0.3, -0.25) is 13.9 Å². The van der Waals surface area contributed by atoms with E-state index in [0.29, 0.717) is 23.0 Å². The van der Waals surface area contributed by atoms with Crippen LogP contribution in [0.5, 0.6) is 0 Å². The minimum atomic E-state index is -0.495. The van der Waals surface area contributed by atoms with Crippen LogP contribution < -0.4 is 11.2 Å². The zero-order valence-electron chi connectivity index (χ0n) is 11.0. The van der Waals surface area contributed by atoms with E-state index in [1.807, 2.05) is 0 Å². The van der Waals surface area contributed by atoms with Crippen LogP contribution in [0.1, 0.15) is 18.0 Å². The van der Waals surface area contributed by atoms with E-state index in [9.17, 15) is 14.0 Å². The topological polar surface area (TPSA) is 59.8 Å². The van der Waals surface area contributed by atoms with E-state index >= 15 is 0 Å². The van der Waals surface area contributed by atoms with Gasteiger partial charge >= 0.3 is 5.69 Å². The van der Waals surface area contributed by atoms with E-state index in [-0.39, 0.29) is 11.5 Å². The summed E-state index contributed by atoms with van der Waals surface area (Å²) in [7, 11) is 3.02. The molecular weight excluding hydrogens is 261 g/mol. The van der Waals surface area contributed by atoms with Crippen molar-refractivity contribution in [2.75, 3.05) is 0 Å². The van der Waals surface area contributed by atoms with Crippen LogP contribution in [0.25, 0.3) is 10.9 Å². The molecule has 5 nitrogen and oxygen atoms in total. The monoisotopic (exact) mass is 273 g/mol. The van der Waals surface area contributed by atoms with Crippen molar-refractivity contribution < 1.29 is 4.39 Å². The molecule has 0 radical (unpaired) electrons. The number of halogens is 1. The van der Waals surface area contributed by atoms with Crippen LogP contribution in [-0.4, -0.2) is 14.1 Å². The highest BCUT2D eigenvalue weighted by Gasteiger charge is 2.21. The first-order valence-corrected chi connectivity index (χ1v) is 6.14. The van der Waals surface area contributed by atoms with Crippen molar-refractivity contribution in [1.29, 1.82) is 0 Å². The second-order valence-corrected chi connectivity index (χ2v) is 4.80. The van der Waals surface area contributed by atoms with Gasteiger partial charge in [0.25, 0.3) is 5.56 Å². The van der Waals surface area contributed by atoms with Crippen LogP contribution in [0.2, 0.25) is 0 Å². The van der Waals surface area contributed by atoms with Gasteiger partial charge in [-0.15, -0.1) is 0 Å². The lowest BCUT2D eigenvalue weighted by Crippen LogP contribution is -2.36. The van der Waals surface area contributed by atoms with Crippen LogP contribution in [-0.2, 0) is 14.1 Å². The normalized spacial score (nSPS) is 17.8. The lowest BCUT2D eigenvalue weighted by Gasteiger charge is -2.11. The number of aryl methyl sites for hydroxylation is 1. The predicted octanol–water partition coefficient (Wildman–Crippen LogP) is 0.909. The Bertz CT molecular complexity index is 918. The summed E-state index contributed by atoms with van der Waals surface area (Å²) in [5.41, 5.74) is 0.339. The van der Waals surface area contributed by atoms with Gasteiger partial charge in [0.15, 0.2) is 5.83 Å². The SMILES string of the molecule is Cn1c(=O)c2c(C3C=C(F)C#CC3)[nH]cc2n(C)c1=O. The molecule has 0 spiro atoms. The van der Waals surface area contributed by atoms with Crippen LogP contribution >= 0.6 is 0 Å². The molecule has 0 amide bonds. The maximum Gasteiger partial charge on any atom is 0.330 e. The predicted molar refractivity (Wildman–Crippen MR) is 73.1 cm³/mol. The maximum absolute atomic E-state index is 13.3. The van der Waals surface area contributed by atoms with Gasteiger partial charge in [-0.05, 0) is 12.0 Å². The fourth-order valence-corrected chi connectivity index (χ4v) is 2.50. The van der Waals surface area contributed by atoms with E-state index < -0.39 is 11.5 Å². The number of aromatic amines is 1. The fourth-order valence-electron chi connectivity index (χ4n) is 2.50. The zero-order chi connectivity index (χ0) is 14.4. The largest absolute Gasteiger partial charge is 0.362 e. The Morgan fingerprint density at radius 3 is 2.80 bits per heavy atom. The Balaban J connectivity index is 2.34. The molecule has 1 N–H and O–H groups in total. The number of hydrogen-bond acceptors (Lipinski definition) is 2. The molecule has 0 bridgehead atoms. The average molecular weight is 273 g/mol. The number of hydrogen-bond donors (Lipinski definition) is 1. The van der Waals surface area contributed by atoms with Crippen molar-refractivity contribution in [2.24, 2.45) is 14.1 Å². The highest BCUT2D eigenvalue weighted by atomic mass is 19.1. The van der Waals surface area contributed by atoms with Gasteiger partial charge in [-0.2, -0.15) is 4.39 Å². The van der Waals surface area contributed by atoms with Gasteiger partial charge in [0.05, 0.1) is 10.9 Å². The first kappa shape index (κ1) is 12.5. The van der Waals surface area contributed by atoms with Gasteiger partial charge in [0.1, 0.15) is 0 Å². The molecule has 1 aliphatic carbocycles. The molecule has 2 aromatic heterocycles. The van der Waals surface area contributed by atoms with Crippen LogP contribution in [0.15, 0.2) is 27.7 Å². The van der Waals surface area contributed by atoms with Crippen LogP contribution in [0, 0.1) is 11.8 Å². The Kier molecular flexibility index (Phi) is 2.64. The quantitative estimate of drug-likeness (QED) is 0.785. The van der Waals surface area contributed by atoms with Crippen molar-refractivity contribution in [3.8, 4) is 11.8 Å². The average Bonchev–Trinajstić information content (AvgIpc) is 2.87. The van der Waals surface area contributed by atoms with E-state index in [1.165, 1.54) is 17.7 Å². The number of allylic oxidation sites excluding steroid dienone is 2. The smallest absolute Gasteiger partial charge is 0.330 e. The molecule has 3 rings (SSSR count). The number of fused-ring (bicyclic) bond motifs is 1. The summed E-state index contributed by atoms with van der Waals surface area (Å²) in [6.45, 7) is 0. The minimum Gasteiger partial charge on any atom is -0.362 e. The summed E-state index contributed by atoms with van der Waals surface area (Å²) in [4.78, 5) is 27.1. The summed E-state index contributed by atoms with van der Waals surface area (Å²) >= 11 is 0. The van der Waals surface area contributed by atoms with Crippen molar-refractivity contribution in [3.63, 3.8) is 0 Å². The van der Waals surface area contributed by atoms with Crippen molar-refractivity contribution in [2.45, 2.75) is 12.3 Å². The molecule has 0 saturated carbocycles. The third-order valence-corrected chi connectivity index (χ3v) is 3.59. The Morgan fingerprint density at radius 1 is 1.35 bits per heavy atom. The van der Waals surface area contributed by atoms with Crippen molar-refractivity contribution in [1.82, 2.24) is 14.1 Å². The molecule has 1 aliphatic rings. The van der Waals surface area contributed by atoms with E-state index in [2.05, 4.69) is 16.8 Å². The Morgan fingerprint density at radius 2 is 2.10 bits per heavy atom. The number of rotatable bonds is 1. The zero-order valence-corrected chi connectivity index (χ0v) is 11.0. The first-order chi connectivity index (χ1) is 9.50. The molecule has 6 heteroatoms. The van der Waals surface area contributed by atoms with E-state index in [4.69, 9.17) is 0 Å². The van der Waals surface area contributed by atoms with Gasteiger partial charge in [-0.1, -0.05) is 5.92 Å². The second-order valence-electron chi connectivity index (χ2n) is 4.80. The Hall–Kier alpha value is -2.55. The summed E-state index contributed by atoms with van der Waals surface area (Å²) in [5.74, 6) is 4.27. The summed E-state index contributed by atoms with van der Waals surface area (Å²) in [6, 6.07) is 0. The van der Waals surface area contributed by atoms with E-state index in [0.717, 1.165) is 4.57 Å².